The highest BCUT2D eigenvalue weighted by Crippen LogP contribution is 2.53. The number of hydrogen-bond acceptors (Lipinski definition) is 3. The third-order valence-corrected chi connectivity index (χ3v) is 6.97. The average Bonchev–Trinajstić information content (AvgIpc) is 2.69. The first-order valence-corrected chi connectivity index (χ1v) is 10.7. The van der Waals surface area contributed by atoms with Crippen molar-refractivity contribution in [2.75, 3.05) is 0 Å². The molecule has 4 bridgehead atoms. The summed E-state index contributed by atoms with van der Waals surface area (Å²) in [6.07, 6.45) is 10.5. The maximum atomic E-state index is 13.0. The van der Waals surface area contributed by atoms with E-state index in [9.17, 15) is 4.79 Å². The highest BCUT2D eigenvalue weighted by atomic mass is 32.1. The Kier molecular flexibility index (Phi) is 4.63. The van der Waals surface area contributed by atoms with Gasteiger partial charge in [0.15, 0.2) is 4.77 Å². The van der Waals surface area contributed by atoms with Crippen LogP contribution in [0.15, 0.2) is 36.4 Å². The molecule has 2 N–H and O–H groups in total. The maximum absolute atomic E-state index is 13.0. The summed E-state index contributed by atoms with van der Waals surface area (Å²) >= 11 is 5.26. The Morgan fingerprint density at radius 2 is 1.71 bits per heavy atom. The molecular formula is C23H25N3OS. The largest absolute Gasteiger partial charge is 0.347 e. The zero-order chi connectivity index (χ0) is 19.1. The number of nitrogens with one attached hydrogen (secondary N) is 2. The minimum Gasteiger partial charge on any atom is -0.347 e. The molecule has 1 aromatic heterocycles. The molecule has 6 rings (SSSR count). The smallest absolute Gasteiger partial charge is 0.270 e. The molecule has 2 aromatic rings. The first-order valence-electron chi connectivity index (χ1n) is 10.3. The van der Waals surface area contributed by atoms with Crippen molar-refractivity contribution in [2.45, 2.75) is 38.1 Å². The Labute approximate surface area is 170 Å². The lowest BCUT2D eigenvalue weighted by Crippen LogP contribution is -2.55. The molecule has 4 nitrogen and oxygen atoms in total. The van der Waals surface area contributed by atoms with E-state index in [0.717, 1.165) is 23.1 Å². The first-order chi connectivity index (χ1) is 13.6. The summed E-state index contributed by atoms with van der Waals surface area (Å²) in [5, 5.41) is 3.32. The van der Waals surface area contributed by atoms with E-state index >= 15 is 0 Å². The highest BCUT2D eigenvalue weighted by Gasteiger charge is 2.48. The van der Waals surface area contributed by atoms with E-state index in [2.05, 4.69) is 15.3 Å². The molecule has 4 aliphatic carbocycles. The fourth-order valence-corrected chi connectivity index (χ4v) is 6.04. The molecule has 4 saturated carbocycles. The van der Waals surface area contributed by atoms with Crippen LogP contribution in [0.25, 0.3) is 12.2 Å². The van der Waals surface area contributed by atoms with Crippen LogP contribution in [0.1, 0.15) is 53.8 Å². The number of hydrogen-bond donors (Lipinski definition) is 2. The van der Waals surface area contributed by atoms with Crippen LogP contribution in [-0.2, 0) is 0 Å². The van der Waals surface area contributed by atoms with Gasteiger partial charge in [0, 0.05) is 11.7 Å². The van der Waals surface area contributed by atoms with Crippen molar-refractivity contribution in [1.29, 1.82) is 0 Å². The lowest BCUT2D eigenvalue weighted by atomic mass is 9.54. The first kappa shape index (κ1) is 17.8. The summed E-state index contributed by atoms with van der Waals surface area (Å²) in [5.74, 6) is 3.00. The predicted octanol–water partition coefficient (Wildman–Crippen LogP) is 4.86. The number of nitrogens with zero attached hydrogens (tertiary/aromatic N) is 1. The molecule has 28 heavy (non-hydrogen) atoms. The van der Waals surface area contributed by atoms with E-state index in [1.54, 1.807) is 6.07 Å². The molecule has 0 spiro atoms. The second-order valence-corrected chi connectivity index (χ2v) is 9.09. The number of aromatic nitrogens is 2. The van der Waals surface area contributed by atoms with E-state index in [0.29, 0.717) is 28.3 Å². The number of H-pyrrole nitrogens is 1. The van der Waals surface area contributed by atoms with Gasteiger partial charge < -0.3 is 10.3 Å². The van der Waals surface area contributed by atoms with E-state index in [1.165, 1.54) is 32.1 Å². The Morgan fingerprint density at radius 1 is 1.04 bits per heavy atom. The summed E-state index contributed by atoms with van der Waals surface area (Å²) in [7, 11) is 0. The van der Waals surface area contributed by atoms with Gasteiger partial charge in [0.05, 0.1) is 0 Å². The Bertz CT molecular complexity index is 937. The second-order valence-electron chi connectivity index (χ2n) is 8.70. The van der Waals surface area contributed by atoms with E-state index in [4.69, 9.17) is 12.2 Å². The van der Waals surface area contributed by atoms with Crippen LogP contribution >= 0.6 is 12.2 Å². The lowest BCUT2D eigenvalue weighted by Gasteiger charge is -2.54. The van der Waals surface area contributed by atoms with Gasteiger partial charge in [-0.3, -0.25) is 4.79 Å². The van der Waals surface area contributed by atoms with Gasteiger partial charge in [0.25, 0.3) is 5.91 Å². The van der Waals surface area contributed by atoms with Gasteiger partial charge in [-0.1, -0.05) is 36.4 Å². The molecule has 1 heterocycles. The van der Waals surface area contributed by atoms with Crippen LogP contribution in [0.2, 0.25) is 0 Å². The van der Waals surface area contributed by atoms with E-state index in [-0.39, 0.29) is 5.91 Å². The molecule has 144 valence electrons. The average molecular weight is 392 g/mol. The molecule has 0 saturated heterocycles. The van der Waals surface area contributed by atoms with Crippen LogP contribution < -0.4 is 5.32 Å². The second kappa shape index (κ2) is 7.28. The zero-order valence-corrected chi connectivity index (χ0v) is 16.6. The molecule has 0 atom stereocenters. The fourth-order valence-electron chi connectivity index (χ4n) is 5.82. The summed E-state index contributed by atoms with van der Waals surface area (Å²) in [6.45, 7) is 0. The van der Waals surface area contributed by atoms with E-state index < -0.39 is 0 Å². The summed E-state index contributed by atoms with van der Waals surface area (Å²) < 4.78 is 0.338. The number of carbonyl (C=O) groups is 1. The molecule has 1 aromatic carbocycles. The van der Waals surface area contributed by atoms with Crippen LogP contribution in [0.4, 0.5) is 0 Å². The molecule has 4 fully saturated rings. The monoisotopic (exact) mass is 391 g/mol. The molecular weight excluding hydrogens is 366 g/mol. The Morgan fingerprint density at radius 3 is 2.39 bits per heavy atom. The number of aromatic amines is 1. The summed E-state index contributed by atoms with van der Waals surface area (Å²) in [4.78, 5) is 20.3. The third kappa shape index (κ3) is 3.55. The number of benzene rings is 1. The molecule has 0 radical (unpaired) electrons. The van der Waals surface area contributed by atoms with Crippen molar-refractivity contribution < 1.29 is 4.79 Å². The minimum atomic E-state index is -0.0908. The molecule has 0 aliphatic heterocycles. The zero-order valence-electron chi connectivity index (χ0n) is 15.8. The van der Waals surface area contributed by atoms with Crippen molar-refractivity contribution in [3.8, 4) is 0 Å². The summed E-state index contributed by atoms with van der Waals surface area (Å²) in [6, 6.07) is 12.2. The quantitative estimate of drug-likeness (QED) is 0.732. The fraction of sp³-hybridized carbons (Fsp3) is 0.435. The molecule has 0 unspecified atom stereocenters. The van der Waals surface area contributed by atoms with Crippen molar-refractivity contribution in [2.24, 2.45) is 23.7 Å². The highest BCUT2D eigenvalue weighted by molar-refractivity contribution is 7.71. The van der Waals surface area contributed by atoms with Gasteiger partial charge in [-0.05, 0) is 85.7 Å². The van der Waals surface area contributed by atoms with Crippen LogP contribution in [0.5, 0.6) is 0 Å². The summed E-state index contributed by atoms with van der Waals surface area (Å²) in [5.41, 5.74) is 2.29. The van der Waals surface area contributed by atoms with Gasteiger partial charge in [-0.15, -0.1) is 0 Å². The lowest BCUT2D eigenvalue weighted by molar-refractivity contribution is -0.0120. The molecule has 1 amide bonds. The van der Waals surface area contributed by atoms with Gasteiger partial charge >= 0.3 is 0 Å². The topological polar surface area (TPSA) is 57.8 Å². The van der Waals surface area contributed by atoms with Crippen LogP contribution in [0, 0.1) is 28.4 Å². The third-order valence-electron chi connectivity index (χ3n) is 6.78. The van der Waals surface area contributed by atoms with Crippen LogP contribution in [0.3, 0.4) is 0 Å². The minimum absolute atomic E-state index is 0.0908. The van der Waals surface area contributed by atoms with Gasteiger partial charge in [-0.2, -0.15) is 0 Å². The van der Waals surface area contributed by atoms with Gasteiger partial charge in [0.1, 0.15) is 5.69 Å². The normalized spacial score (nSPS) is 30.6. The van der Waals surface area contributed by atoms with Crippen molar-refractivity contribution >= 4 is 30.3 Å². The maximum Gasteiger partial charge on any atom is 0.270 e. The van der Waals surface area contributed by atoms with Crippen molar-refractivity contribution in [3.63, 3.8) is 0 Å². The SMILES string of the molecule is O=C(NC1C2CC3CC(C2)CC1C3)c1cc(/C=C\c2ccccc2)[nH]c(=S)n1. The van der Waals surface area contributed by atoms with Crippen molar-refractivity contribution in [3.05, 3.63) is 58.1 Å². The number of carbonyl (C=O) groups excluding carboxylic acids is 1. The Balaban J connectivity index is 1.33. The molecule has 4 aliphatic rings. The van der Waals surface area contributed by atoms with Crippen molar-refractivity contribution in [1.82, 2.24) is 15.3 Å². The molecule has 5 heteroatoms. The van der Waals surface area contributed by atoms with Gasteiger partial charge in [0.2, 0.25) is 0 Å². The van der Waals surface area contributed by atoms with Crippen LogP contribution in [-0.4, -0.2) is 21.9 Å². The Hall–Kier alpha value is -2.27. The number of rotatable bonds is 4. The van der Waals surface area contributed by atoms with Gasteiger partial charge in [-0.25, -0.2) is 4.98 Å². The number of amides is 1. The predicted molar refractivity (Wildman–Crippen MR) is 113 cm³/mol. The van der Waals surface area contributed by atoms with E-state index in [1.807, 2.05) is 42.5 Å². The standard InChI is InChI=1S/C23H25N3OS/c27-22(26-21-17-9-15-8-16(11-17)12-18(21)10-15)20-13-19(24-23(28)25-20)7-6-14-4-2-1-3-5-14/h1-7,13,15-18,21H,8-12H2,(H,26,27)(H,24,25,28)/b7-6-.